The molecule has 1 N–H and O–H groups in total. The number of nitrogens with one attached hydrogen (secondary N) is 1. The van der Waals surface area contributed by atoms with Gasteiger partial charge in [-0.1, -0.05) is 0 Å². The van der Waals surface area contributed by atoms with Gasteiger partial charge in [0.15, 0.2) is 6.10 Å². The lowest BCUT2D eigenvalue weighted by molar-refractivity contribution is -0.384. The maximum absolute atomic E-state index is 12.3. The molecular formula is C18H22N2O8. The Morgan fingerprint density at radius 1 is 1.21 bits per heavy atom. The number of hydrogen-bond donors (Lipinski definition) is 1. The molecule has 1 saturated heterocycles. The number of non-ortho nitro benzene ring substituents is 1. The van der Waals surface area contributed by atoms with Crippen LogP contribution in [-0.4, -0.2) is 55.2 Å². The van der Waals surface area contributed by atoms with Gasteiger partial charge in [0.25, 0.3) is 11.6 Å². The van der Waals surface area contributed by atoms with Crippen LogP contribution in [0, 0.1) is 16.0 Å². The van der Waals surface area contributed by atoms with Gasteiger partial charge in [-0.3, -0.25) is 19.7 Å². The van der Waals surface area contributed by atoms with Gasteiger partial charge >= 0.3 is 11.9 Å². The highest BCUT2D eigenvalue weighted by Crippen LogP contribution is 2.34. The van der Waals surface area contributed by atoms with Crippen molar-refractivity contribution in [1.29, 1.82) is 0 Å². The second-order valence-electron chi connectivity index (χ2n) is 6.73. The number of nitro groups is 1. The van der Waals surface area contributed by atoms with Crippen LogP contribution in [-0.2, 0) is 23.8 Å². The van der Waals surface area contributed by atoms with E-state index in [0.29, 0.717) is 0 Å². The Balaban J connectivity index is 2.08. The third kappa shape index (κ3) is 5.03. The van der Waals surface area contributed by atoms with E-state index in [0.717, 1.165) is 0 Å². The van der Waals surface area contributed by atoms with Gasteiger partial charge in [-0.25, -0.2) is 4.79 Å². The Kier molecular flexibility index (Phi) is 6.68. The molecule has 1 aliphatic heterocycles. The molecule has 0 spiro atoms. The lowest BCUT2D eigenvalue weighted by Crippen LogP contribution is -2.53. The highest BCUT2D eigenvalue weighted by Gasteiger charge is 2.44. The number of methoxy groups -OCH3 is 2. The van der Waals surface area contributed by atoms with Gasteiger partial charge in [0, 0.05) is 24.2 Å². The summed E-state index contributed by atoms with van der Waals surface area (Å²) in [7, 11) is 2.49. The Labute approximate surface area is 161 Å². The van der Waals surface area contributed by atoms with Crippen molar-refractivity contribution in [3.63, 3.8) is 0 Å². The molecule has 3 atom stereocenters. The fraction of sp³-hybridized carbons (Fsp3) is 0.500. The topological polar surface area (TPSA) is 134 Å². The lowest BCUT2D eigenvalue weighted by atomic mass is 9.84. The molecule has 0 aromatic heterocycles. The molecular weight excluding hydrogens is 372 g/mol. The highest BCUT2D eigenvalue weighted by molar-refractivity contribution is 5.94. The van der Waals surface area contributed by atoms with Gasteiger partial charge in [-0.15, -0.1) is 0 Å². The number of hydrogen-bond acceptors (Lipinski definition) is 8. The summed E-state index contributed by atoms with van der Waals surface area (Å²) in [6, 6.07) is 5.14. The summed E-state index contributed by atoms with van der Waals surface area (Å²) in [5.41, 5.74) is -0.896. The van der Waals surface area contributed by atoms with Crippen LogP contribution in [0.25, 0.3) is 0 Å². The standard InChI is InChI=1S/C18H22N2O8/c1-18(9-12(16(22)26-2)8-14(28-18)17(23)27-3)10-19-15(21)11-4-6-13(7-5-11)20(24)25/h4-7,12,14H,8-10H2,1-3H3,(H,19,21). The molecule has 3 unspecified atom stereocenters. The highest BCUT2D eigenvalue weighted by atomic mass is 16.6. The van der Waals surface area contributed by atoms with E-state index in [9.17, 15) is 24.5 Å². The third-order valence-corrected chi connectivity index (χ3v) is 4.57. The van der Waals surface area contributed by atoms with E-state index in [4.69, 9.17) is 14.2 Å². The van der Waals surface area contributed by atoms with Gasteiger partial charge < -0.3 is 19.5 Å². The van der Waals surface area contributed by atoms with Crippen LogP contribution < -0.4 is 5.32 Å². The summed E-state index contributed by atoms with van der Waals surface area (Å²) in [5.74, 6) is -2.12. The first kappa shape index (κ1) is 21.3. The van der Waals surface area contributed by atoms with E-state index in [1.165, 1.54) is 38.5 Å². The maximum atomic E-state index is 12.3. The number of nitro benzene ring substituents is 1. The number of carbonyl (C=O) groups excluding carboxylic acids is 3. The van der Waals surface area contributed by atoms with Gasteiger partial charge in [-0.05, 0) is 31.9 Å². The summed E-state index contributed by atoms with van der Waals surface area (Å²) in [4.78, 5) is 46.4. The van der Waals surface area contributed by atoms with E-state index in [2.05, 4.69) is 5.32 Å². The Morgan fingerprint density at radius 2 is 1.82 bits per heavy atom. The van der Waals surface area contributed by atoms with Crippen molar-refractivity contribution in [2.24, 2.45) is 5.92 Å². The van der Waals surface area contributed by atoms with E-state index in [1.54, 1.807) is 6.92 Å². The number of amides is 1. The molecule has 2 rings (SSSR count). The number of esters is 2. The zero-order valence-corrected chi connectivity index (χ0v) is 15.8. The summed E-state index contributed by atoms with van der Waals surface area (Å²) >= 11 is 0. The van der Waals surface area contributed by atoms with Crippen LogP contribution in [0.15, 0.2) is 24.3 Å². The average Bonchev–Trinajstić information content (AvgIpc) is 2.70. The lowest BCUT2D eigenvalue weighted by Gasteiger charge is -2.40. The molecule has 1 fully saturated rings. The van der Waals surface area contributed by atoms with Crippen molar-refractivity contribution in [2.75, 3.05) is 20.8 Å². The first-order valence-corrected chi connectivity index (χ1v) is 8.55. The Hall–Kier alpha value is -3.01. The number of ether oxygens (including phenoxy) is 3. The summed E-state index contributed by atoms with van der Waals surface area (Å²) < 4.78 is 15.3. The predicted octanol–water partition coefficient (Wildman–Crippen LogP) is 1.22. The first-order valence-electron chi connectivity index (χ1n) is 8.55. The summed E-state index contributed by atoms with van der Waals surface area (Å²) in [5, 5.41) is 13.4. The van der Waals surface area contributed by atoms with Crippen LogP contribution in [0.1, 0.15) is 30.1 Å². The molecule has 28 heavy (non-hydrogen) atoms. The second-order valence-corrected chi connectivity index (χ2v) is 6.73. The minimum absolute atomic E-state index is 0.0177. The van der Waals surface area contributed by atoms with Crippen LogP contribution in [0.4, 0.5) is 5.69 Å². The predicted molar refractivity (Wildman–Crippen MR) is 95.5 cm³/mol. The fourth-order valence-electron chi connectivity index (χ4n) is 3.14. The summed E-state index contributed by atoms with van der Waals surface area (Å²) in [6.07, 6.45) is -0.581. The smallest absolute Gasteiger partial charge is 0.335 e. The van der Waals surface area contributed by atoms with E-state index < -0.39 is 40.4 Å². The fourth-order valence-corrected chi connectivity index (χ4v) is 3.14. The van der Waals surface area contributed by atoms with Crippen LogP contribution >= 0.6 is 0 Å². The van der Waals surface area contributed by atoms with Crippen molar-refractivity contribution in [2.45, 2.75) is 31.5 Å². The quantitative estimate of drug-likeness (QED) is 0.432. The molecule has 0 aliphatic carbocycles. The molecule has 10 heteroatoms. The van der Waals surface area contributed by atoms with Crippen molar-refractivity contribution < 1.29 is 33.5 Å². The molecule has 152 valence electrons. The van der Waals surface area contributed by atoms with Gasteiger partial charge in [0.1, 0.15) is 0 Å². The number of nitrogens with zero attached hydrogens (tertiary/aromatic N) is 1. The van der Waals surface area contributed by atoms with E-state index in [1.807, 2.05) is 0 Å². The maximum Gasteiger partial charge on any atom is 0.335 e. The zero-order valence-electron chi connectivity index (χ0n) is 15.8. The molecule has 0 bridgehead atoms. The van der Waals surface area contributed by atoms with Crippen LogP contribution in [0.5, 0.6) is 0 Å². The van der Waals surface area contributed by atoms with Crippen molar-refractivity contribution in [3.8, 4) is 0 Å². The first-order chi connectivity index (χ1) is 13.2. The normalized spacial score (nSPS) is 24.1. The van der Waals surface area contributed by atoms with Crippen molar-refractivity contribution in [3.05, 3.63) is 39.9 Å². The van der Waals surface area contributed by atoms with E-state index >= 15 is 0 Å². The van der Waals surface area contributed by atoms with Crippen LogP contribution in [0.3, 0.4) is 0 Å². The molecule has 1 heterocycles. The van der Waals surface area contributed by atoms with E-state index in [-0.39, 0.29) is 30.6 Å². The number of carbonyl (C=O) groups is 3. The van der Waals surface area contributed by atoms with Crippen LogP contribution in [0.2, 0.25) is 0 Å². The number of rotatable bonds is 6. The number of benzene rings is 1. The molecule has 10 nitrogen and oxygen atoms in total. The van der Waals surface area contributed by atoms with Crippen molar-refractivity contribution in [1.82, 2.24) is 5.32 Å². The molecule has 0 saturated carbocycles. The molecule has 1 aromatic carbocycles. The monoisotopic (exact) mass is 394 g/mol. The molecule has 1 aliphatic rings. The van der Waals surface area contributed by atoms with Gasteiger partial charge in [-0.2, -0.15) is 0 Å². The minimum atomic E-state index is -1.01. The van der Waals surface area contributed by atoms with Gasteiger partial charge in [0.2, 0.25) is 0 Å². The minimum Gasteiger partial charge on any atom is -0.469 e. The average molecular weight is 394 g/mol. The second kappa shape index (κ2) is 8.79. The summed E-state index contributed by atoms with van der Waals surface area (Å²) in [6.45, 7) is 1.69. The zero-order chi connectivity index (χ0) is 20.9. The Bertz CT molecular complexity index is 737. The third-order valence-electron chi connectivity index (χ3n) is 4.57. The Morgan fingerprint density at radius 3 is 2.36 bits per heavy atom. The molecule has 1 amide bonds. The SMILES string of the molecule is COC(=O)C1CC(C(=O)OC)OC(C)(CNC(=O)c2ccc([N+](=O)[O-])cc2)C1. The van der Waals surface area contributed by atoms with Crippen molar-refractivity contribution >= 4 is 23.5 Å². The molecule has 0 radical (unpaired) electrons. The van der Waals surface area contributed by atoms with Gasteiger partial charge in [0.05, 0.1) is 30.7 Å². The molecule has 1 aromatic rings. The largest absolute Gasteiger partial charge is 0.469 e.